The predicted octanol–water partition coefficient (Wildman–Crippen LogP) is 1.84. The van der Waals surface area contributed by atoms with E-state index in [-0.39, 0.29) is 11.3 Å². The Bertz CT molecular complexity index is 625. The number of anilines is 3. The fraction of sp³-hybridized carbons (Fsp3) is 0.143. The molecule has 2 aromatic rings. The first-order valence-electron chi connectivity index (χ1n) is 5.85. The molecule has 5 heteroatoms. The number of carbonyl (C=O) groups excluding carboxylic acids is 1. The minimum absolute atomic E-state index is 0.282. The molecule has 0 atom stereocenters. The number of aromatic nitrogens is 1. The van der Waals surface area contributed by atoms with Crippen LogP contribution in [0.3, 0.4) is 0 Å². The Hall–Kier alpha value is -2.56. The number of nitrogens with zero attached hydrogens (tertiary/aromatic N) is 2. The van der Waals surface area contributed by atoms with Gasteiger partial charge in [-0.05, 0) is 30.7 Å². The number of aryl methyl sites for hydroxylation is 1. The van der Waals surface area contributed by atoms with Crippen molar-refractivity contribution in [2.24, 2.45) is 5.73 Å². The Labute approximate surface area is 111 Å². The number of nitrogen functional groups attached to an aromatic ring is 1. The standard InChI is InChI=1S/C14H16N4O/c1-9-4-3-5-10(6-9)18(2)13-7-11(14(16)19)12(15)8-17-13/h3-8H,15H2,1-2H3,(H2,16,19). The van der Waals surface area contributed by atoms with E-state index in [2.05, 4.69) is 4.98 Å². The van der Waals surface area contributed by atoms with Gasteiger partial charge in [0, 0.05) is 12.7 Å². The normalized spacial score (nSPS) is 10.2. The minimum Gasteiger partial charge on any atom is -0.397 e. The minimum atomic E-state index is -0.557. The maximum atomic E-state index is 11.3. The molecule has 0 aliphatic heterocycles. The van der Waals surface area contributed by atoms with Crippen molar-refractivity contribution in [3.63, 3.8) is 0 Å². The lowest BCUT2D eigenvalue weighted by Gasteiger charge is -2.19. The predicted molar refractivity (Wildman–Crippen MR) is 76.4 cm³/mol. The SMILES string of the molecule is Cc1cccc(N(C)c2cc(C(N)=O)c(N)cn2)c1. The van der Waals surface area contributed by atoms with Gasteiger partial charge >= 0.3 is 0 Å². The quantitative estimate of drug-likeness (QED) is 0.877. The number of nitrogens with two attached hydrogens (primary N) is 2. The van der Waals surface area contributed by atoms with Crippen molar-refractivity contribution in [1.82, 2.24) is 4.98 Å². The van der Waals surface area contributed by atoms with Crippen LogP contribution in [0.4, 0.5) is 17.2 Å². The van der Waals surface area contributed by atoms with E-state index >= 15 is 0 Å². The highest BCUT2D eigenvalue weighted by Gasteiger charge is 2.11. The summed E-state index contributed by atoms with van der Waals surface area (Å²) >= 11 is 0. The molecule has 0 saturated heterocycles. The molecule has 0 spiro atoms. The van der Waals surface area contributed by atoms with Gasteiger partial charge in [0.2, 0.25) is 0 Å². The number of primary amides is 1. The van der Waals surface area contributed by atoms with Crippen molar-refractivity contribution in [3.05, 3.63) is 47.7 Å². The Balaban J connectivity index is 2.42. The lowest BCUT2D eigenvalue weighted by molar-refractivity contribution is 0.100. The largest absolute Gasteiger partial charge is 0.397 e. The zero-order chi connectivity index (χ0) is 14.0. The smallest absolute Gasteiger partial charge is 0.250 e. The van der Waals surface area contributed by atoms with Crippen LogP contribution in [0.25, 0.3) is 0 Å². The molecule has 2 rings (SSSR count). The van der Waals surface area contributed by atoms with Crippen LogP contribution < -0.4 is 16.4 Å². The van der Waals surface area contributed by atoms with Gasteiger partial charge in [-0.2, -0.15) is 0 Å². The van der Waals surface area contributed by atoms with E-state index in [0.717, 1.165) is 11.3 Å². The highest BCUT2D eigenvalue weighted by molar-refractivity contribution is 5.98. The number of hydrogen-bond acceptors (Lipinski definition) is 4. The second-order valence-electron chi connectivity index (χ2n) is 4.39. The molecular formula is C14H16N4O. The molecule has 0 bridgehead atoms. The summed E-state index contributed by atoms with van der Waals surface area (Å²) in [7, 11) is 1.87. The number of carbonyl (C=O) groups is 1. The van der Waals surface area contributed by atoms with Crippen molar-refractivity contribution < 1.29 is 4.79 Å². The summed E-state index contributed by atoms with van der Waals surface area (Å²) in [5.74, 6) is 0.0624. The highest BCUT2D eigenvalue weighted by atomic mass is 16.1. The number of hydrogen-bond donors (Lipinski definition) is 2. The molecule has 0 aliphatic rings. The lowest BCUT2D eigenvalue weighted by atomic mass is 10.2. The van der Waals surface area contributed by atoms with Gasteiger partial charge in [0.1, 0.15) is 5.82 Å². The summed E-state index contributed by atoms with van der Waals surface area (Å²) in [6, 6.07) is 9.58. The second-order valence-corrected chi connectivity index (χ2v) is 4.39. The molecule has 0 aliphatic carbocycles. The van der Waals surface area contributed by atoms with E-state index < -0.39 is 5.91 Å². The molecule has 0 fully saturated rings. The van der Waals surface area contributed by atoms with Crippen LogP contribution in [-0.2, 0) is 0 Å². The average molecular weight is 256 g/mol. The van der Waals surface area contributed by atoms with Crippen LogP contribution in [0.5, 0.6) is 0 Å². The molecule has 4 N–H and O–H groups in total. The fourth-order valence-electron chi connectivity index (χ4n) is 1.82. The molecule has 1 aromatic carbocycles. The first-order valence-corrected chi connectivity index (χ1v) is 5.85. The van der Waals surface area contributed by atoms with E-state index in [1.54, 1.807) is 6.07 Å². The van der Waals surface area contributed by atoms with E-state index in [1.165, 1.54) is 6.20 Å². The molecule has 0 radical (unpaired) electrons. The van der Waals surface area contributed by atoms with Crippen molar-refractivity contribution >= 4 is 23.1 Å². The van der Waals surface area contributed by atoms with E-state index in [4.69, 9.17) is 11.5 Å². The van der Waals surface area contributed by atoms with Gasteiger partial charge in [-0.1, -0.05) is 12.1 Å². The summed E-state index contributed by atoms with van der Waals surface area (Å²) in [6.07, 6.45) is 1.45. The van der Waals surface area contributed by atoms with Crippen LogP contribution in [0.2, 0.25) is 0 Å². The second kappa shape index (κ2) is 4.97. The van der Waals surface area contributed by atoms with Crippen LogP contribution in [0, 0.1) is 6.92 Å². The molecule has 1 amide bonds. The number of pyridine rings is 1. The first-order chi connectivity index (χ1) is 8.99. The molecule has 1 heterocycles. The van der Waals surface area contributed by atoms with Crippen molar-refractivity contribution in [3.8, 4) is 0 Å². The molecule has 1 aromatic heterocycles. The Morgan fingerprint density at radius 3 is 2.68 bits per heavy atom. The number of amides is 1. The van der Waals surface area contributed by atoms with Gasteiger partial charge < -0.3 is 16.4 Å². The Morgan fingerprint density at radius 2 is 2.05 bits per heavy atom. The molecule has 5 nitrogen and oxygen atoms in total. The van der Waals surface area contributed by atoms with Gasteiger partial charge in [-0.15, -0.1) is 0 Å². The van der Waals surface area contributed by atoms with Gasteiger partial charge in [0.05, 0.1) is 17.4 Å². The molecule has 0 unspecified atom stereocenters. The van der Waals surface area contributed by atoms with Crippen molar-refractivity contribution in [2.75, 3.05) is 17.7 Å². The van der Waals surface area contributed by atoms with Crippen molar-refractivity contribution in [1.29, 1.82) is 0 Å². The van der Waals surface area contributed by atoms with E-state index in [0.29, 0.717) is 5.82 Å². The fourth-order valence-corrected chi connectivity index (χ4v) is 1.82. The zero-order valence-electron chi connectivity index (χ0n) is 10.9. The summed E-state index contributed by atoms with van der Waals surface area (Å²) in [6.45, 7) is 2.02. The average Bonchev–Trinajstić information content (AvgIpc) is 2.38. The third-order valence-corrected chi connectivity index (χ3v) is 2.92. The Morgan fingerprint density at radius 1 is 1.32 bits per heavy atom. The highest BCUT2D eigenvalue weighted by Crippen LogP contribution is 2.24. The number of benzene rings is 1. The van der Waals surface area contributed by atoms with Crippen LogP contribution in [0.15, 0.2) is 36.5 Å². The van der Waals surface area contributed by atoms with Crippen LogP contribution >= 0.6 is 0 Å². The summed E-state index contributed by atoms with van der Waals surface area (Å²) in [5, 5.41) is 0. The van der Waals surface area contributed by atoms with Gasteiger partial charge in [0.15, 0.2) is 0 Å². The van der Waals surface area contributed by atoms with Gasteiger partial charge in [-0.25, -0.2) is 4.98 Å². The molecule has 19 heavy (non-hydrogen) atoms. The maximum absolute atomic E-state index is 11.3. The van der Waals surface area contributed by atoms with E-state index in [9.17, 15) is 4.79 Å². The Kier molecular flexibility index (Phi) is 3.37. The topological polar surface area (TPSA) is 85.2 Å². The molecule has 0 saturated carbocycles. The zero-order valence-corrected chi connectivity index (χ0v) is 10.9. The van der Waals surface area contributed by atoms with Crippen molar-refractivity contribution in [2.45, 2.75) is 6.92 Å². The molecular weight excluding hydrogens is 240 g/mol. The summed E-state index contributed by atoms with van der Waals surface area (Å²) in [5.41, 5.74) is 13.6. The molecule has 98 valence electrons. The van der Waals surface area contributed by atoms with Gasteiger partial charge in [-0.3, -0.25) is 4.79 Å². The third kappa shape index (κ3) is 2.65. The monoisotopic (exact) mass is 256 g/mol. The maximum Gasteiger partial charge on any atom is 0.250 e. The van der Waals surface area contributed by atoms with Gasteiger partial charge in [0.25, 0.3) is 5.91 Å². The summed E-state index contributed by atoms with van der Waals surface area (Å²) < 4.78 is 0. The lowest BCUT2D eigenvalue weighted by Crippen LogP contribution is -2.17. The third-order valence-electron chi connectivity index (χ3n) is 2.92. The summed E-state index contributed by atoms with van der Waals surface area (Å²) in [4.78, 5) is 17.4. The number of rotatable bonds is 3. The van der Waals surface area contributed by atoms with Crippen LogP contribution in [0.1, 0.15) is 15.9 Å². The first kappa shape index (κ1) is 12.9. The van der Waals surface area contributed by atoms with E-state index in [1.807, 2.05) is 43.1 Å². The van der Waals surface area contributed by atoms with Crippen LogP contribution in [-0.4, -0.2) is 17.9 Å².